The summed E-state index contributed by atoms with van der Waals surface area (Å²) in [5.41, 5.74) is 3.32. The van der Waals surface area contributed by atoms with Gasteiger partial charge in [0.2, 0.25) is 15.9 Å². The maximum atomic E-state index is 12.5. The summed E-state index contributed by atoms with van der Waals surface area (Å²) in [7, 11) is 0.254. The van der Waals surface area contributed by atoms with Gasteiger partial charge in [0, 0.05) is 32.0 Å². The van der Waals surface area contributed by atoms with Crippen molar-refractivity contribution in [2.45, 2.75) is 24.3 Å². The number of carbonyl (C=O) groups is 1. The van der Waals surface area contributed by atoms with Gasteiger partial charge in [-0.1, -0.05) is 12.1 Å². The molecule has 25 heavy (non-hydrogen) atoms. The van der Waals surface area contributed by atoms with Gasteiger partial charge in [-0.25, -0.2) is 13.1 Å². The van der Waals surface area contributed by atoms with Crippen molar-refractivity contribution in [2.75, 3.05) is 24.3 Å². The maximum Gasteiger partial charge on any atom is 0.240 e. The molecule has 1 amide bonds. The maximum absolute atomic E-state index is 12.5. The topological polar surface area (TPSA) is 78.5 Å². The summed E-state index contributed by atoms with van der Waals surface area (Å²) in [6, 6.07) is 12.4. The van der Waals surface area contributed by atoms with Gasteiger partial charge in [0.1, 0.15) is 0 Å². The molecule has 0 bridgehead atoms. The summed E-state index contributed by atoms with van der Waals surface area (Å²) < 4.78 is 27.7. The average Bonchev–Trinajstić information content (AvgIpc) is 2.87. The second-order valence-electron chi connectivity index (χ2n) is 6.35. The predicted molar refractivity (Wildman–Crippen MR) is 98.3 cm³/mol. The molecule has 2 N–H and O–H groups in total. The van der Waals surface area contributed by atoms with E-state index in [1.54, 1.807) is 19.1 Å². The second kappa shape index (κ2) is 6.50. The fourth-order valence-corrected chi connectivity index (χ4v) is 3.79. The SMILES string of the molecule is C[C@@H]1C(=O)Nc2ccc(S(=O)(=O)NCc3ccc(N(C)C)cc3)cc21. The van der Waals surface area contributed by atoms with Gasteiger partial charge in [-0.3, -0.25) is 4.79 Å². The van der Waals surface area contributed by atoms with Crippen molar-refractivity contribution in [2.24, 2.45) is 0 Å². The Kier molecular flexibility index (Phi) is 4.53. The molecule has 132 valence electrons. The number of sulfonamides is 1. The molecule has 0 unspecified atom stereocenters. The van der Waals surface area contributed by atoms with E-state index in [4.69, 9.17) is 0 Å². The molecule has 1 aliphatic rings. The molecule has 1 aliphatic heterocycles. The molecule has 0 radical (unpaired) electrons. The highest BCUT2D eigenvalue weighted by Gasteiger charge is 2.28. The van der Waals surface area contributed by atoms with Crippen molar-refractivity contribution >= 4 is 27.3 Å². The third-order valence-electron chi connectivity index (χ3n) is 4.37. The Balaban J connectivity index is 1.75. The van der Waals surface area contributed by atoms with Gasteiger partial charge < -0.3 is 10.2 Å². The highest BCUT2D eigenvalue weighted by Crippen LogP contribution is 2.33. The smallest absolute Gasteiger partial charge is 0.240 e. The Morgan fingerprint density at radius 3 is 2.44 bits per heavy atom. The summed E-state index contributed by atoms with van der Waals surface area (Å²) in [5.74, 6) is -0.456. The van der Waals surface area contributed by atoms with E-state index < -0.39 is 10.0 Å². The summed E-state index contributed by atoms with van der Waals surface area (Å²) >= 11 is 0. The Morgan fingerprint density at radius 2 is 1.80 bits per heavy atom. The van der Waals surface area contributed by atoms with Crippen LogP contribution in [-0.2, 0) is 21.4 Å². The molecule has 0 fully saturated rings. The zero-order valence-electron chi connectivity index (χ0n) is 14.4. The van der Waals surface area contributed by atoms with E-state index in [0.717, 1.165) is 11.3 Å². The number of hydrogen-bond donors (Lipinski definition) is 2. The largest absolute Gasteiger partial charge is 0.378 e. The van der Waals surface area contributed by atoms with Crippen LogP contribution in [-0.4, -0.2) is 28.4 Å². The van der Waals surface area contributed by atoms with E-state index in [1.807, 2.05) is 43.3 Å². The molecule has 0 saturated carbocycles. The molecule has 2 aromatic carbocycles. The minimum atomic E-state index is -3.65. The number of hydrogen-bond acceptors (Lipinski definition) is 4. The minimum absolute atomic E-state index is 0.113. The van der Waals surface area contributed by atoms with E-state index in [0.29, 0.717) is 11.3 Å². The lowest BCUT2D eigenvalue weighted by molar-refractivity contribution is -0.116. The minimum Gasteiger partial charge on any atom is -0.378 e. The Morgan fingerprint density at radius 1 is 1.12 bits per heavy atom. The highest BCUT2D eigenvalue weighted by molar-refractivity contribution is 7.89. The fourth-order valence-electron chi connectivity index (χ4n) is 2.74. The number of nitrogens with zero attached hydrogens (tertiary/aromatic N) is 1. The number of benzene rings is 2. The number of carbonyl (C=O) groups excluding carboxylic acids is 1. The molecule has 6 nitrogen and oxygen atoms in total. The van der Waals surface area contributed by atoms with Gasteiger partial charge in [0.15, 0.2) is 0 Å². The average molecular weight is 359 g/mol. The van der Waals surface area contributed by atoms with Crippen molar-refractivity contribution in [3.8, 4) is 0 Å². The van der Waals surface area contributed by atoms with E-state index in [1.165, 1.54) is 6.07 Å². The van der Waals surface area contributed by atoms with E-state index in [-0.39, 0.29) is 23.3 Å². The Bertz CT molecular complexity index is 906. The molecule has 3 rings (SSSR count). The first kappa shape index (κ1) is 17.4. The van der Waals surface area contributed by atoms with Crippen molar-refractivity contribution in [3.05, 3.63) is 53.6 Å². The van der Waals surface area contributed by atoms with Crippen molar-refractivity contribution < 1.29 is 13.2 Å². The number of fused-ring (bicyclic) bond motifs is 1. The van der Waals surface area contributed by atoms with Gasteiger partial charge in [-0.2, -0.15) is 0 Å². The molecule has 2 aromatic rings. The summed E-state index contributed by atoms with van der Waals surface area (Å²) in [4.78, 5) is 13.8. The van der Waals surface area contributed by atoms with Gasteiger partial charge in [0.05, 0.1) is 10.8 Å². The number of nitrogens with one attached hydrogen (secondary N) is 2. The third-order valence-corrected chi connectivity index (χ3v) is 5.77. The van der Waals surface area contributed by atoms with Crippen LogP contribution in [0.4, 0.5) is 11.4 Å². The van der Waals surface area contributed by atoms with Gasteiger partial charge >= 0.3 is 0 Å². The zero-order valence-corrected chi connectivity index (χ0v) is 15.2. The van der Waals surface area contributed by atoms with Crippen LogP contribution in [0.2, 0.25) is 0 Å². The molecular formula is C18H21N3O3S. The van der Waals surface area contributed by atoms with Crippen LogP contribution in [0, 0.1) is 0 Å². The lowest BCUT2D eigenvalue weighted by atomic mass is 10.0. The molecule has 7 heteroatoms. The summed E-state index contributed by atoms with van der Waals surface area (Å²) in [5, 5.41) is 2.74. The van der Waals surface area contributed by atoms with Gasteiger partial charge in [-0.15, -0.1) is 0 Å². The molecule has 0 aliphatic carbocycles. The number of anilines is 2. The van der Waals surface area contributed by atoms with Crippen LogP contribution in [0.25, 0.3) is 0 Å². The summed E-state index contributed by atoms with van der Waals surface area (Å²) in [6.45, 7) is 1.97. The monoisotopic (exact) mass is 359 g/mol. The Hall–Kier alpha value is -2.38. The quantitative estimate of drug-likeness (QED) is 0.859. The third kappa shape index (κ3) is 3.52. The van der Waals surface area contributed by atoms with Gasteiger partial charge in [0.25, 0.3) is 0 Å². The van der Waals surface area contributed by atoms with E-state index in [9.17, 15) is 13.2 Å². The normalized spacial score (nSPS) is 16.4. The number of rotatable bonds is 5. The van der Waals surface area contributed by atoms with Crippen molar-refractivity contribution in [1.29, 1.82) is 0 Å². The molecule has 1 heterocycles. The highest BCUT2D eigenvalue weighted by atomic mass is 32.2. The number of amides is 1. The van der Waals surface area contributed by atoms with Crippen LogP contribution in [0.3, 0.4) is 0 Å². The molecule has 1 atom stereocenters. The summed E-state index contributed by atoms with van der Waals surface area (Å²) in [6.07, 6.45) is 0. The van der Waals surface area contributed by atoms with Crippen LogP contribution in [0.1, 0.15) is 24.0 Å². The van der Waals surface area contributed by atoms with Crippen LogP contribution >= 0.6 is 0 Å². The van der Waals surface area contributed by atoms with Crippen LogP contribution in [0.5, 0.6) is 0 Å². The van der Waals surface area contributed by atoms with Crippen molar-refractivity contribution in [1.82, 2.24) is 4.72 Å². The first-order chi connectivity index (χ1) is 11.8. The fraction of sp³-hybridized carbons (Fsp3) is 0.278. The second-order valence-corrected chi connectivity index (χ2v) is 8.11. The first-order valence-electron chi connectivity index (χ1n) is 7.98. The zero-order chi connectivity index (χ0) is 18.2. The molecule has 0 spiro atoms. The van der Waals surface area contributed by atoms with Crippen LogP contribution in [0.15, 0.2) is 47.4 Å². The van der Waals surface area contributed by atoms with E-state index >= 15 is 0 Å². The standard InChI is InChI=1S/C18H21N3O3S/c1-12-16-10-15(8-9-17(16)20-18(12)22)25(23,24)19-11-13-4-6-14(7-5-13)21(2)3/h4-10,12,19H,11H2,1-3H3,(H,20,22)/t12-/m0/s1. The lowest BCUT2D eigenvalue weighted by Crippen LogP contribution is -2.23. The van der Waals surface area contributed by atoms with Gasteiger partial charge in [-0.05, 0) is 48.4 Å². The Labute approximate surface area is 147 Å². The molecule has 0 saturated heterocycles. The first-order valence-corrected chi connectivity index (χ1v) is 9.47. The van der Waals surface area contributed by atoms with Crippen LogP contribution < -0.4 is 14.9 Å². The van der Waals surface area contributed by atoms with E-state index in [2.05, 4.69) is 10.0 Å². The molecular weight excluding hydrogens is 338 g/mol. The molecule has 0 aromatic heterocycles. The lowest BCUT2D eigenvalue weighted by Gasteiger charge is -2.13. The predicted octanol–water partition coefficient (Wildman–Crippen LogP) is 2.29. The van der Waals surface area contributed by atoms with Crippen molar-refractivity contribution in [3.63, 3.8) is 0 Å².